The molecule has 1 amide bonds. The van der Waals surface area contributed by atoms with Crippen molar-refractivity contribution in [3.8, 4) is 0 Å². The Balaban J connectivity index is 1.49. The Bertz CT molecular complexity index is 1050. The summed E-state index contributed by atoms with van der Waals surface area (Å²) in [7, 11) is -3.62. The molecule has 1 N–H and O–H groups in total. The molecule has 2 aromatic rings. The van der Waals surface area contributed by atoms with Gasteiger partial charge in [-0.3, -0.25) is 4.79 Å². The van der Waals surface area contributed by atoms with Gasteiger partial charge < -0.3 is 14.8 Å². The molecule has 1 aliphatic rings. The van der Waals surface area contributed by atoms with Gasteiger partial charge in [0.25, 0.3) is 5.91 Å². The predicted octanol–water partition coefficient (Wildman–Crippen LogP) is 2.04. The minimum Gasteiger partial charge on any atom is -0.452 e. The molecule has 0 aromatic heterocycles. The summed E-state index contributed by atoms with van der Waals surface area (Å²) in [6.45, 7) is 0.778. The summed E-state index contributed by atoms with van der Waals surface area (Å²) in [6, 6.07) is 11.2. The minimum atomic E-state index is -3.62. The molecule has 1 saturated heterocycles. The van der Waals surface area contributed by atoms with Crippen LogP contribution < -0.4 is 5.32 Å². The van der Waals surface area contributed by atoms with Gasteiger partial charge in [0.2, 0.25) is 10.0 Å². The molecule has 3 rings (SSSR count). The SMILES string of the molecule is O=C(COC(=O)C=Cc1ccc(F)cc1)Nc1ccc(S(=O)(=O)N2CCOCC2)cc1. The molecule has 0 unspecified atom stereocenters. The number of nitrogens with one attached hydrogen (secondary N) is 1. The number of morpholine rings is 1. The number of amides is 1. The first-order valence-corrected chi connectivity index (χ1v) is 10.9. The summed E-state index contributed by atoms with van der Waals surface area (Å²) < 4.78 is 49.4. The number of carbonyl (C=O) groups excluding carboxylic acids is 2. The fourth-order valence-corrected chi connectivity index (χ4v) is 4.17. The number of carbonyl (C=O) groups is 2. The monoisotopic (exact) mass is 448 g/mol. The first-order valence-electron chi connectivity index (χ1n) is 9.43. The Kier molecular flexibility index (Phi) is 7.50. The molecule has 0 atom stereocenters. The van der Waals surface area contributed by atoms with Crippen molar-refractivity contribution >= 4 is 33.7 Å². The summed E-state index contributed by atoms with van der Waals surface area (Å²) in [5, 5.41) is 2.53. The second-order valence-corrected chi connectivity index (χ2v) is 8.52. The summed E-state index contributed by atoms with van der Waals surface area (Å²) in [5.41, 5.74) is 0.971. The molecular formula is C21H21FN2O6S. The Morgan fingerprint density at radius 3 is 2.35 bits per heavy atom. The number of halogens is 1. The van der Waals surface area contributed by atoms with E-state index in [1.54, 1.807) is 0 Å². The third-order valence-corrected chi connectivity index (χ3v) is 6.29. The van der Waals surface area contributed by atoms with Crippen molar-refractivity contribution in [1.82, 2.24) is 4.31 Å². The second kappa shape index (κ2) is 10.3. The first-order chi connectivity index (χ1) is 14.8. The zero-order chi connectivity index (χ0) is 22.3. The molecule has 0 bridgehead atoms. The van der Waals surface area contributed by atoms with Crippen LogP contribution in [0.3, 0.4) is 0 Å². The Morgan fingerprint density at radius 1 is 1.06 bits per heavy atom. The highest BCUT2D eigenvalue weighted by Gasteiger charge is 2.26. The zero-order valence-corrected chi connectivity index (χ0v) is 17.3. The number of ether oxygens (including phenoxy) is 2. The van der Waals surface area contributed by atoms with E-state index in [0.717, 1.165) is 6.08 Å². The van der Waals surface area contributed by atoms with Crippen molar-refractivity contribution in [3.63, 3.8) is 0 Å². The van der Waals surface area contributed by atoms with Crippen molar-refractivity contribution in [2.45, 2.75) is 4.90 Å². The Hall–Kier alpha value is -3.08. The standard InChI is InChI=1S/C21H21FN2O6S/c22-17-4-1-16(2-5-17)3-10-21(26)30-15-20(25)23-18-6-8-19(9-7-18)31(27,28)24-11-13-29-14-12-24/h1-10H,11-15H2,(H,23,25). The lowest BCUT2D eigenvalue weighted by molar-refractivity contribution is -0.142. The van der Waals surface area contributed by atoms with Gasteiger partial charge in [-0.05, 0) is 48.0 Å². The highest BCUT2D eigenvalue weighted by Crippen LogP contribution is 2.19. The van der Waals surface area contributed by atoms with Gasteiger partial charge in [0.1, 0.15) is 5.82 Å². The van der Waals surface area contributed by atoms with Crippen molar-refractivity contribution in [2.24, 2.45) is 0 Å². The van der Waals surface area contributed by atoms with Gasteiger partial charge in [-0.15, -0.1) is 0 Å². The second-order valence-electron chi connectivity index (χ2n) is 6.58. The van der Waals surface area contributed by atoms with Crippen molar-refractivity contribution in [3.05, 3.63) is 66.0 Å². The average molecular weight is 448 g/mol. The van der Waals surface area contributed by atoms with E-state index in [9.17, 15) is 22.4 Å². The van der Waals surface area contributed by atoms with Gasteiger partial charge in [-0.1, -0.05) is 12.1 Å². The molecule has 2 aromatic carbocycles. The molecule has 0 spiro atoms. The third kappa shape index (κ3) is 6.45. The van der Waals surface area contributed by atoms with Crippen LogP contribution in [0.15, 0.2) is 59.5 Å². The number of nitrogens with zero attached hydrogens (tertiary/aromatic N) is 1. The molecule has 1 aliphatic heterocycles. The van der Waals surface area contributed by atoms with Crippen LogP contribution in [0.25, 0.3) is 6.08 Å². The lowest BCUT2D eigenvalue weighted by Gasteiger charge is -2.26. The van der Waals surface area contributed by atoms with E-state index < -0.39 is 28.5 Å². The van der Waals surface area contributed by atoms with E-state index in [4.69, 9.17) is 9.47 Å². The normalized spacial score (nSPS) is 15.0. The van der Waals surface area contributed by atoms with Gasteiger partial charge in [-0.25, -0.2) is 17.6 Å². The summed E-state index contributed by atoms with van der Waals surface area (Å²) in [6.07, 6.45) is 2.57. The summed E-state index contributed by atoms with van der Waals surface area (Å²) >= 11 is 0. The van der Waals surface area contributed by atoms with Gasteiger partial charge in [0, 0.05) is 24.9 Å². The lowest BCUT2D eigenvalue weighted by Crippen LogP contribution is -2.40. The van der Waals surface area contributed by atoms with E-state index in [0.29, 0.717) is 37.6 Å². The molecule has 1 heterocycles. The molecule has 1 fully saturated rings. The van der Waals surface area contributed by atoms with Crippen LogP contribution in [0.4, 0.5) is 10.1 Å². The molecule has 164 valence electrons. The number of anilines is 1. The van der Waals surface area contributed by atoms with E-state index in [-0.39, 0.29) is 10.7 Å². The lowest BCUT2D eigenvalue weighted by atomic mass is 10.2. The molecule has 0 saturated carbocycles. The maximum atomic E-state index is 12.8. The van der Waals surface area contributed by atoms with Crippen LogP contribution in [-0.4, -0.2) is 57.5 Å². The number of rotatable bonds is 7. The molecular weight excluding hydrogens is 427 g/mol. The van der Waals surface area contributed by atoms with Crippen LogP contribution in [0.2, 0.25) is 0 Å². The molecule has 8 nitrogen and oxygen atoms in total. The van der Waals surface area contributed by atoms with Crippen LogP contribution in [-0.2, 0) is 29.1 Å². The van der Waals surface area contributed by atoms with Gasteiger partial charge in [0.15, 0.2) is 6.61 Å². The smallest absolute Gasteiger partial charge is 0.331 e. The van der Waals surface area contributed by atoms with Gasteiger partial charge >= 0.3 is 5.97 Å². The largest absolute Gasteiger partial charge is 0.452 e. The van der Waals surface area contributed by atoms with E-state index >= 15 is 0 Å². The van der Waals surface area contributed by atoms with E-state index in [2.05, 4.69) is 5.32 Å². The number of benzene rings is 2. The molecule has 31 heavy (non-hydrogen) atoms. The number of esters is 1. The summed E-state index contributed by atoms with van der Waals surface area (Å²) in [5.74, 6) is -1.69. The fourth-order valence-electron chi connectivity index (χ4n) is 2.77. The maximum Gasteiger partial charge on any atom is 0.331 e. The van der Waals surface area contributed by atoms with Crippen LogP contribution in [0.5, 0.6) is 0 Å². The number of hydrogen-bond acceptors (Lipinski definition) is 6. The quantitative estimate of drug-likeness (QED) is 0.514. The van der Waals surface area contributed by atoms with Gasteiger partial charge in [-0.2, -0.15) is 4.31 Å². The molecule has 10 heteroatoms. The maximum absolute atomic E-state index is 12.8. The number of hydrogen-bond donors (Lipinski definition) is 1. The van der Waals surface area contributed by atoms with Crippen molar-refractivity contribution in [1.29, 1.82) is 0 Å². The van der Waals surface area contributed by atoms with Crippen molar-refractivity contribution < 1.29 is 31.9 Å². The highest BCUT2D eigenvalue weighted by molar-refractivity contribution is 7.89. The summed E-state index contributed by atoms with van der Waals surface area (Å²) in [4.78, 5) is 23.8. The number of sulfonamides is 1. The predicted molar refractivity (Wildman–Crippen MR) is 111 cm³/mol. The molecule has 0 radical (unpaired) electrons. The van der Waals surface area contributed by atoms with E-state index in [1.165, 1.54) is 58.9 Å². The Labute approximate surface area is 179 Å². The van der Waals surface area contributed by atoms with Crippen LogP contribution >= 0.6 is 0 Å². The van der Waals surface area contributed by atoms with Crippen molar-refractivity contribution in [2.75, 3.05) is 38.2 Å². The molecule has 0 aliphatic carbocycles. The topological polar surface area (TPSA) is 102 Å². The van der Waals surface area contributed by atoms with E-state index in [1.807, 2.05) is 0 Å². The average Bonchev–Trinajstić information content (AvgIpc) is 2.78. The fraction of sp³-hybridized carbons (Fsp3) is 0.238. The Morgan fingerprint density at radius 2 is 1.71 bits per heavy atom. The third-order valence-electron chi connectivity index (χ3n) is 4.37. The highest BCUT2D eigenvalue weighted by atomic mass is 32.2. The zero-order valence-electron chi connectivity index (χ0n) is 16.5. The van der Waals surface area contributed by atoms with Crippen LogP contribution in [0.1, 0.15) is 5.56 Å². The van der Waals surface area contributed by atoms with Crippen LogP contribution in [0, 0.1) is 5.82 Å². The minimum absolute atomic E-state index is 0.116. The first kappa shape index (κ1) is 22.6. The van der Waals surface area contributed by atoms with Gasteiger partial charge in [0.05, 0.1) is 18.1 Å².